The van der Waals surface area contributed by atoms with Gasteiger partial charge in [-0.25, -0.2) is 0 Å². The number of nitrogens with zero attached hydrogens (tertiary/aromatic N) is 2. The summed E-state index contributed by atoms with van der Waals surface area (Å²) in [6.07, 6.45) is 0.339. The van der Waals surface area contributed by atoms with Gasteiger partial charge in [0.15, 0.2) is 0 Å². The van der Waals surface area contributed by atoms with E-state index in [0.717, 1.165) is 17.0 Å². The highest BCUT2D eigenvalue weighted by molar-refractivity contribution is 7.05. The summed E-state index contributed by atoms with van der Waals surface area (Å²) in [5.74, 6) is 0.347. The van der Waals surface area contributed by atoms with Gasteiger partial charge in [0.2, 0.25) is 0 Å². The van der Waals surface area contributed by atoms with Crippen LogP contribution in [0.2, 0.25) is 0 Å². The van der Waals surface area contributed by atoms with Gasteiger partial charge in [-0.15, -0.1) is 5.10 Å². The molecule has 12 heavy (non-hydrogen) atoms. The summed E-state index contributed by atoms with van der Waals surface area (Å²) < 4.78 is 3.84. The summed E-state index contributed by atoms with van der Waals surface area (Å²) in [6, 6.07) is 0. The van der Waals surface area contributed by atoms with E-state index in [2.05, 4.69) is 23.4 Å². The molecule has 0 aromatic carbocycles. The lowest BCUT2D eigenvalue weighted by molar-refractivity contribution is 0.176. The normalized spacial score (nSPS) is 13.8. The lowest BCUT2D eigenvalue weighted by atomic mass is 10.1. The van der Waals surface area contributed by atoms with Gasteiger partial charge in [0.1, 0.15) is 0 Å². The second kappa shape index (κ2) is 3.96. The minimum Gasteiger partial charge on any atom is -0.387 e. The summed E-state index contributed by atoms with van der Waals surface area (Å²) in [5, 5.41) is 13.6. The fourth-order valence-corrected chi connectivity index (χ4v) is 1.90. The van der Waals surface area contributed by atoms with E-state index in [-0.39, 0.29) is 6.10 Å². The Hall–Kier alpha value is -0.480. The van der Waals surface area contributed by atoms with Crippen molar-refractivity contribution in [1.29, 1.82) is 0 Å². The van der Waals surface area contributed by atoms with Crippen molar-refractivity contribution in [1.82, 2.24) is 9.59 Å². The molecule has 4 heteroatoms. The Morgan fingerprint density at radius 2 is 2.17 bits per heavy atom. The van der Waals surface area contributed by atoms with Crippen molar-refractivity contribution in [3.8, 4) is 0 Å². The van der Waals surface area contributed by atoms with Crippen LogP contribution in [0.15, 0.2) is 0 Å². The average Bonchev–Trinajstić information content (AvgIpc) is 2.50. The van der Waals surface area contributed by atoms with E-state index >= 15 is 0 Å². The molecule has 0 saturated carbocycles. The van der Waals surface area contributed by atoms with E-state index in [1.54, 1.807) is 0 Å². The zero-order valence-corrected chi connectivity index (χ0v) is 8.43. The van der Waals surface area contributed by atoms with E-state index in [4.69, 9.17) is 0 Å². The van der Waals surface area contributed by atoms with Crippen LogP contribution in [0.4, 0.5) is 0 Å². The molecule has 1 unspecified atom stereocenters. The Kier molecular flexibility index (Phi) is 3.17. The lowest BCUT2D eigenvalue weighted by Gasteiger charge is -2.07. The predicted molar refractivity (Wildman–Crippen MR) is 49.2 cm³/mol. The molecule has 0 fully saturated rings. The first-order valence-corrected chi connectivity index (χ1v) is 4.94. The molecule has 3 nitrogen and oxygen atoms in total. The zero-order valence-electron chi connectivity index (χ0n) is 7.61. The molecule has 1 aromatic heterocycles. The van der Waals surface area contributed by atoms with Crippen molar-refractivity contribution in [2.24, 2.45) is 0 Å². The number of rotatable bonds is 3. The maximum absolute atomic E-state index is 9.58. The Balaban J connectivity index is 2.91. The SMILES string of the molecule is CCC(O)c1snnc1C(C)C. The zero-order chi connectivity index (χ0) is 9.14. The fourth-order valence-electron chi connectivity index (χ4n) is 1.02. The highest BCUT2D eigenvalue weighted by Crippen LogP contribution is 2.27. The van der Waals surface area contributed by atoms with E-state index in [9.17, 15) is 5.11 Å². The molecule has 0 aliphatic carbocycles. The first kappa shape index (κ1) is 9.61. The van der Waals surface area contributed by atoms with Crippen molar-refractivity contribution < 1.29 is 5.11 Å². The quantitative estimate of drug-likeness (QED) is 0.786. The van der Waals surface area contributed by atoms with Crippen LogP contribution in [0, 0.1) is 0 Å². The van der Waals surface area contributed by atoms with Crippen LogP contribution in [0.5, 0.6) is 0 Å². The molecule has 0 bridgehead atoms. The van der Waals surface area contributed by atoms with Gasteiger partial charge < -0.3 is 5.11 Å². The van der Waals surface area contributed by atoms with Crippen molar-refractivity contribution in [2.45, 2.75) is 39.2 Å². The average molecular weight is 186 g/mol. The van der Waals surface area contributed by atoms with E-state index in [1.165, 1.54) is 11.5 Å². The van der Waals surface area contributed by atoms with E-state index in [1.807, 2.05) is 6.92 Å². The summed E-state index contributed by atoms with van der Waals surface area (Å²) in [5.41, 5.74) is 0.939. The minimum atomic E-state index is -0.387. The number of aliphatic hydroxyl groups excluding tert-OH is 1. The van der Waals surface area contributed by atoms with Gasteiger partial charge in [-0.3, -0.25) is 0 Å². The van der Waals surface area contributed by atoms with Gasteiger partial charge in [-0.05, 0) is 23.9 Å². The van der Waals surface area contributed by atoms with Crippen LogP contribution in [0.3, 0.4) is 0 Å². The fraction of sp³-hybridized carbons (Fsp3) is 0.750. The Morgan fingerprint density at radius 1 is 1.50 bits per heavy atom. The molecule has 0 radical (unpaired) electrons. The van der Waals surface area contributed by atoms with Crippen LogP contribution in [0.25, 0.3) is 0 Å². The van der Waals surface area contributed by atoms with Crippen LogP contribution >= 0.6 is 11.5 Å². The summed E-state index contributed by atoms with van der Waals surface area (Å²) in [4.78, 5) is 0.924. The third kappa shape index (κ3) is 1.81. The molecular formula is C8H14N2OS. The number of hydrogen-bond acceptors (Lipinski definition) is 4. The smallest absolute Gasteiger partial charge is 0.0914 e. The van der Waals surface area contributed by atoms with Gasteiger partial charge in [0.05, 0.1) is 16.7 Å². The molecule has 1 aromatic rings. The van der Waals surface area contributed by atoms with Gasteiger partial charge in [0.25, 0.3) is 0 Å². The van der Waals surface area contributed by atoms with Gasteiger partial charge in [0, 0.05) is 0 Å². The van der Waals surface area contributed by atoms with Crippen LogP contribution in [-0.4, -0.2) is 14.7 Å². The first-order chi connectivity index (χ1) is 5.66. The maximum atomic E-state index is 9.58. The Morgan fingerprint density at radius 3 is 2.67 bits per heavy atom. The summed E-state index contributed by atoms with van der Waals surface area (Å²) in [6.45, 7) is 6.07. The summed E-state index contributed by atoms with van der Waals surface area (Å²) >= 11 is 1.30. The Labute approximate surface area is 76.6 Å². The molecule has 1 rings (SSSR count). The Bertz CT molecular complexity index is 247. The van der Waals surface area contributed by atoms with Crippen LogP contribution < -0.4 is 0 Å². The molecule has 1 heterocycles. The molecular weight excluding hydrogens is 172 g/mol. The van der Waals surface area contributed by atoms with E-state index < -0.39 is 0 Å². The molecule has 0 aliphatic rings. The molecule has 0 amide bonds. The second-order valence-corrected chi connectivity index (χ2v) is 3.89. The van der Waals surface area contributed by atoms with Crippen molar-refractivity contribution >= 4 is 11.5 Å². The van der Waals surface area contributed by atoms with Crippen LogP contribution in [0.1, 0.15) is 49.8 Å². The first-order valence-electron chi connectivity index (χ1n) is 4.17. The largest absolute Gasteiger partial charge is 0.387 e. The highest BCUT2D eigenvalue weighted by Gasteiger charge is 2.17. The number of hydrogen-bond donors (Lipinski definition) is 1. The second-order valence-electron chi connectivity index (χ2n) is 3.10. The van der Waals surface area contributed by atoms with E-state index in [0.29, 0.717) is 5.92 Å². The van der Waals surface area contributed by atoms with Crippen molar-refractivity contribution in [3.63, 3.8) is 0 Å². The number of aromatic nitrogens is 2. The topological polar surface area (TPSA) is 46.0 Å². The molecule has 0 spiro atoms. The van der Waals surface area contributed by atoms with Crippen molar-refractivity contribution in [3.05, 3.63) is 10.6 Å². The molecule has 0 saturated heterocycles. The van der Waals surface area contributed by atoms with Crippen LogP contribution in [-0.2, 0) is 0 Å². The molecule has 1 N–H and O–H groups in total. The molecule has 68 valence electrons. The predicted octanol–water partition coefficient (Wildman–Crippen LogP) is 2.10. The van der Waals surface area contributed by atoms with Gasteiger partial charge in [-0.2, -0.15) is 0 Å². The maximum Gasteiger partial charge on any atom is 0.0914 e. The minimum absolute atomic E-state index is 0.347. The standard InChI is InChI=1S/C8H14N2OS/c1-4-6(11)8-7(5(2)3)9-10-12-8/h5-6,11H,4H2,1-3H3. The highest BCUT2D eigenvalue weighted by atomic mass is 32.1. The number of aliphatic hydroxyl groups is 1. The molecule has 1 atom stereocenters. The lowest BCUT2D eigenvalue weighted by Crippen LogP contribution is -1.99. The van der Waals surface area contributed by atoms with Crippen molar-refractivity contribution in [2.75, 3.05) is 0 Å². The summed E-state index contributed by atoms with van der Waals surface area (Å²) in [7, 11) is 0. The molecule has 0 aliphatic heterocycles. The third-order valence-electron chi connectivity index (χ3n) is 1.78. The monoisotopic (exact) mass is 186 g/mol. The van der Waals surface area contributed by atoms with Gasteiger partial charge in [-0.1, -0.05) is 25.3 Å². The van der Waals surface area contributed by atoms with Gasteiger partial charge >= 0.3 is 0 Å². The third-order valence-corrected chi connectivity index (χ3v) is 2.62.